The third-order valence-electron chi connectivity index (χ3n) is 10.0. The van der Waals surface area contributed by atoms with Crippen LogP contribution in [0.25, 0.3) is 99.5 Å². The monoisotopic (exact) mass is 661 g/mol. The molecule has 0 aliphatic heterocycles. The van der Waals surface area contributed by atoms with Crippen molar-refractivity contribution in [3.8, 4) is 56.0 Å². The highest BCUT2D eigenvalue weighted by molar-refractivity contribution is 6.19. The summed E-state index contributed by atoms with van der Waals surface area (Å²) in [5.74, 6) is 0. The van der Waals surface area contributed by atoms with E-state index in [-0.39, 0.29) is 0 Å². The average molecular weight is 662 g/mol. The highest BCUT2D eigenvalue weighted by atomic mass is 14.8. The predicted molar refractivity (Wildman–Crippen MR) is 217 cm³/mol. The van der Waals surface area contributed by atoms with Gasteiger partial charge in [0.25, 0.3) is 0 Å². The van der Waals surface area contributed by atoms with Gasteiger partial charge in [0.1, 0.15) is 0 Å². The van der Waals surface area contributed by atoms with Crippen molar-refractivity contribution in [2.75, 3.05) is 0 Å². The molecule has 10 rings (SSSR count). The van der Waals surface area contributed by atoms with Crippen molar-refractivity contribution >= 4 is 43.5 Å². The minimum absolute atomic E-state index is 0.866. The number of aromatic nitrogens is 3. The molecule has 3 heterocycles. The Labute approximate surface area is 301 Å². The van der Waals surface area contributed by atoms with E-state index < -0.39 is 0 Å². The molecule has 0 atom stereocenters. The molecule has 0 amide bonds. The van der Waals surface area contributed by atoms with Gasteiger partial charge in [-0.2, -0.15) is 0 Å². The molecule has 0 N–H and O–H groups in total. The molecule has 7 aromatic carbocycles. The van der Waals surface area contributed by atoms with Crippen LogP contribution in [0.2, 0.25) is 0 Å². The Kier molecular flexibility index (Phi) is 7.14. The number of benzene rings is 7. The largest absolute Gasteiger partial charge is 0.246 e. The van der Waals surface area contributed by atoms with Gasteiger partial charge in [0.15, 0.2) is 0 Å². The Balaban J connectivity index is 1.25. The van der Waals surface area contributed by atoms with Crippen LogP contribution in [0.3, 0.4) is 0 Å². The van der Waals surface area contributed by atoms with E-state index in [0.29, 0.717) is 0 Å². The van der Waals surface area contributed by atoms with Gasteiger partial charge in [-0.1, -0.05) is 170 Å². The molecule has 10 aromatic rings. The first-order valence-corrected chi connectivity index (χ1v) is 17.6. The number of hydrogen-bond acceptors (Lipinski definition) is 3. The normalized spacial score (nSPS) is 11.5. The highest BCUT2D eigenvalue weighted by Crippen LogP contribution is 2.42. The first-order chi connectivity index (χ1) is 25.8. The molecule has 0 bridgehead atoms. The number of nitrogens with zero attached hydrogens (tertiary/aromatic N) is 3. The van der Waals surface area contributed by atoms with Gasteiger partial charge >= 0.3 is 0 Å². The number of rotatable bonds is 5. The van der Waals surface area contributed by atoms with Crippen LogP contribution in [0, 0.1) is 0 Å². The van der Waals surface area contributed by atoms with E-state index in [2.05, 4.69) is 170 Å². The number of fused-ring (bicyclic) bond motifs is 6. The fourth-order valence-electron chi connectivity index (χ4n) is 7.53. The predicted octanol–water partition coefficient (Wildman–Crippen LogP) is 12.8. The lowest BCUT2D eigenvalue weighted by Gasteiger charge is -2.17. The van der Waals surface area contributed by atoms with Crippen LogP contribution in [-0.4, -0.2) is 15.0 Å². The second-order valence-corrected chi connectivity index (χ2v) is 13.2. The fraction of sp³-hybridized carbons (Fsp3) is 0. The molecule has 0 spiro atoms. The quantitative estimate of drug-likeness (QED) is 0.172. The van der Waals surface area contributed by atoms with Crippen molar-refractivity contribution in [3.05, 3.63) is 188 Å². The van der Waals surface area contributed by atoms with Gasteiger partial charge in [-0.05, 0) is 40.5 Å². The molecule has 3 aromatic heterocycles. The van der Waals surface area contributed by atoms with Gasteiger partial charge in [0, 0.05) is 43.6 Å². The summed E-state index contributed by atoms with van der Waals surface area (Å²) in [6.07, 6.45) is 0. The van der Waals surface area contributed by atoms with Gasteiger partial charge in [-0.15, -0.1) is 0 Å². The third kappa shape index (κ3) is 5.10. The lowest BCUT2D eigenvalue weighted by molar-refractivity contribution is 1.36. The Morgan fingerprint density at radius 2 is 0.808 bits per heavy atom. The Hall–Kier alpha value is -6.97. The smallest absolute Gasteiger partial charge is 0.0972 e. The first-order valence-electron chi connectivity index (χ1n) is 17.6. The zero-order valence-electron chi connectivity index (χ0n) is 28.2. The van der Waals surface area contributed by atoms with Gasteiger partial charge in [-0.25, -0.2) is 15.0 Å². The van der Waals surface area contributed by atoms with Crippen molar-refractivity contribution in [2.24, 2.45) is 0 Å². The molecule has 0 saturated carbocycles. The van der Waals surface area contributed by atoms with Gasteiger partial charge in [-0.3, -0.25) is 0 Å². The molecule has 0 saturated heterocycles. The Morgan fingerprint density at radius 1 is 0.288 bits per heavy atom. The number of hydrogen-bond donors (Lipinski definition) is 0. The number of para-hydroxylation sites is 1. The molecule has 3 nitrogen and oxygen atoms in total. The van der Waals surface area contributed by atoms with Crippen molar-refractivity contribution < 1.29 is 0 Å². The van der Waals surface area contributed by atoms with Crippen molar-refractivity contribution in [2.45, 2.75) is 0 Å². The van der Waals surface area contributed by atoms with Gasteiger partial charge in [0.2, 0.25) is 0 Å². The molecule has 0 unspecified atom stereocenters. The molecule has 52 heavy (non-hydrogen) atoms. The summed E-state index contributed by atoms with van der Waals surface area (Å²) in [6, 6.07) is 66.1. The first kappa shape index (κ1) is 29.9. The van der Waals surface area contributed by atoms with Crippen LogP contribution >= 0.6 is 0 Å². The van der Waals surface area contributed by atoms with Gasteiger partial charge in [0.05, 0.1) is 33.6 Å². The summed E-state index contributed by atoms with van der Waals surface area (Å²) >= 11 is 0. The van der Waals surface area contributed by atoms with Crippen LogP contribution in [0.4, 0.5) is 0 Å². The Bertz CT molecular complexity index is 2940. The summed E-state index contributed by atoms with van der Waals surface area (Å²) in [6.45, 7) is 0. The van der Waals surface area contributed by atoms with Crippen LogP contribution < -0.4 is 0 Å². The lowest BCUT2D eigenvalue weighted by Crippen LogP contribution is -1.96. The molecule has 0 aliphatic carbocycles. The average Bonchev–Trinajstić information content (AvgIpc) is 3.23. The fourth-order valence-corrected chi connectivity index (χ4v) is 7.53. The zero-order valence-corrected chi connectivity index (χ0v) is 28.2. The topological polar surface area (TPSA) is 38.7 Å². The van der Waals surface area contributed by atoms with E-state index in [1.807, 2.05) is 18.2 Å². The van der Waals surface area contributed by atoms with Gasteiger partial charge < -0.3 is 0 Å². The second-order valence-electron chi connectivity index (χ2n) is 13.2. The van der Waals surface area contributed by atoms with Crippen LogP contribution in [0.5, 0.6) is 0 Å². The number of pyridine rings is 3. The maximum atomic E-state index is 5.56. The standard InChI is InChI=1S/C49H31N3/c1-4-13-32(14-5-1)37-19-10-20-38(31-37)46-41-23-11-21-39(33-15-6-2-7-16-33)45(41)42-24-12-22-40(49(42)52-46)44-30-28-36-26-25-35-27-29-43(34-17-8-3-9-18-34)50-47(35)48(36)51-44/h1-31H. The molecule has 0 radical (unpaired) electrons. The SMILES string of the molecule is c1ccc(-c2cccc(-c3nc4c(-c5ccc6ccc7ccc(-c8ccccc8)nc7c6n5)cccc4c4c(-c5ccccc5)cccc34)c2)cc1. The van der Waals surface area contributed by atoms with E-state index in [1.165, 1.54) is 22.1 Å². The summed E-state index contributed by atoms with van der Waals surface area (Å²) < 4.78 is 0. The summed E-state index contributed by atoms with van der Waals surface area (Å²) in [4.78, 5) is 16.1. The van der Waals surface area contributed by atoms with Crippen LogP contribution in [0.1, 0.15) is 0 Å². The minimum atomic E-state index is 0.866. The molecule has 0 fully saturated rings. The van der Waals surface area contributed by atoms with Crippen LogP contribution in [-0.2, 0) is 0 Å². The zero-order chi connectivity index (χ0) is 34.4. The summed E-state index contributed by atoms with van der Waals surface area (Å²) in [7, 11) is 0. The van der Waals surface area contributed by atoms with Crippen molar-refractivity contribution in [1.29, 1.82) is 0 Å². The molecular formula is C49H31N3. The summed E-state index contributed by atoms with van der Waals surface area (Å²) in [5, 5.41) is 5.51. The van der Waals surface area contributed by atoms with E-state index in [4.69, 9.17) is 15.0 Å². The molecular weight excluding hydrogens is 631 g/mol. The van der Waals surface area contributed by atoms with E-state index in [0.717, 1.165) is 77.4 Å². The van der Waals surface area contributed by atoms with E-state index in [9.17, 15) is 0 Å². The van der Waals surface area contributed by atoms with E-state index >= 15 is 0 Å². The van der Waals surface area contributed by atoms with Crippen molar-refractivity contribution in [1.82, 2.24) is 15.0 Å². The molecule has 3 heteroatoms. The maximum absolute atomic E-state index is 5.56. The summed E-state index contributed by atoms with van der Waals surface area (Å²) in [5.41, 5.74) is 13.3. The molecule has 242 valence electrons. The third-order valence-corrected chi connectivity index (χ3v) is 10.0. The minimum Gasteiger partial charge on any atom is -0.246 e. The highest BCUT2D eigenvalue weighted by Gasteiger charge is 2.18. The molecule has 0 aliphatic rings. The Morgan fingerprint density at radius 3 is 1.52 bits per heavy atom. The maximum Gasteiger partial charge on any atom is 0.0972 e. The van der Waals surface area contributed by atoms with Crippen LogP contribution in [0.15, 0.2) is 188 Å². The van der Waals surface area contributed by atoms with E-state index in [1.54, 1.807) is 0 Å². The second kappa shape index (κ2) is 12.4. The van der Waals surface area contributed by atoms with Crippen molar-refractivity contribution in [3.63, 3.8) is 0 Å². The lowest BCUT2D eigenvalue weighted by atomic mass is 9.91.